The molecular weight excluding hydrogens is 352 g/mol. The van der Waals surface area contributed by atoms with Crippen molar-refractivity contribution in [1.29, 1.82) is 0 Å². The predicted octanol–water partition coefficient (Wildman–Crippen LogP) is 1.79. The average molecular weight is 376 g/mol. The second kappa shape index (κ2) is 7.57. The van der Waals surface area contributed by atoms with Crippen LogP contribution < -0.4 is 0 Å². The zero-order chi connectivity index (χ0) is 18.7. The summed E-state index contributed by atoms with van der Waals surface area (Å²) in [5, 5.41) is 4.29. The highest BCUT2D eigenvalue weighted by molar-refractivity contribution is 7.90. The van der Waals surface area contributed by atoms with Crippen LogP contribution in [-0.2, 0) is 21.2 Å². The molecular formula is C18H24N4O3S. The smallest absolute Gasteiger partial charge is 0.224 e. The third-order valence-corrected chi connectivity index (χ3v) is 5.91. The van der Waals surface area contributed by atoms with E-state index in [0.29, 0.717) is 36.6 Å². The Morgan fingerprint density at radius 3 is 2.62 bits per heavy atom. The Labute approximate surface area is 154 Å². The SMILES string of the molecule is Cc1ccn(CCC(=O)N2CCC(c3ncccc3S(C)(=O)=O)CC2)n1. The van der Waals surface area contributed by atoms with Gasteiger partial charge in [-0.2, -0.15) is 5.10 Å². The molecule has 0 saturated carbocycles. The van der Waals surface area contributed by atoms with Crippen molar-refractivity contribution in [2.24, 2.45) is 0 Å². The fourth-order valence-electron chi connectivity index (χ4n) is 3.38. The van der Waals surface area contributed by atoms with Gasteiger partial charge in [0.1, 0.15) is 0 Å². The Morgan fingerprint density at radius 2 is 2.00 bits per heavy atom. The van der Waals surface area contributed by atoms with Gasteiger partial charge in [-0.15, -0.1) is 0 Å². The van der Waals surface area contributed by atoms with Gasteiger partial charge < -0.3 is 4.90 Å². The molecule has 1 aliphatic rings. The number of rotatable bonds is 5. The largest absolute Gasteiger partial charge is 0.343 e. The van der Waals surface area contributed by atoms with Crippen LogP contribution >= 0.6 is 0 Å². The topological polar surface area (TPSA) is 85.2 Å². The van der Waals surface area contributed by atoms with Crippen LogP contribution in [0.25, 0.3) is 0 Å². The molecule has 1 saturated heterocycles. The van der Waals surface area contributed by atoms with Crippen LogP contribution in [-0.4, -0.2) is 53.3 Å². The molecule has 0 atom stereocenters. The number of hydrogen-bond donors (Lipinski definition) is 0. The monoisotopic (exact) mass is 376 g/mol. The van der Waals surface area contributed by atoms with Crippen molar-refractivity contribution in [3.05, 3.63) is 42.0 Å². The maximum Gasteiger partial charge on any atom is 0.224 e. The molecule has 3 rings (SSSR count). The molecule has 0 aromatic carbocycles. The summed E-state index contributed by atoms with van der Waals surface area (Å²) in [5.41, 5.74) is 1.57. The minimum atomic E-state index is -3.30. The van der Waals surface area contributed by atoms with Crippen LogP contribution in [0, 0.1) is 6.92 Å². The van der Waals surface area contributed by atoms with E-state index in [-0.39, 0.29) is 11.8 Å². The van der Waals surface area contributed by atoms with E-state index in [4.69, 9.17) is 0 Å². The lowest BCUT2D eigenvalue weighted by Gasteiger charge is -2.32. The predicted molar refractivity (Wildman–Crippen MR) is 97.5 cm³/mol. The quantitative estimate of drug-likeness (QED) is 0.794. The van der Waals surface area contributed by atoms with Gasteiger partial charge in [0.15, 0.2) is 9.84 Å². The Bertz CT molecular complexity index is 883. The standard InChI is InChI=1S/C18H24N4O3S/c1-14-5-12-22(20-14)13-8-17(23)21-10-6-15(7-11-21)18-16(26(2,24)25)4-3-9-19-18/h3-5,9,12,15H,6-8,10-11,13H2,1-2H3. The molecule has 2 aromatic heterocycles. The van der Waals surface area contributed by atoms with E-state index in [1.165, 1.54) is 6.26 Å². The maximum atomic E-state index is 12.4. The Balaban J connectivity index is 1.58. The summed E-state index contributed by atoms with van der Waals surface area (Å²) in [6.07, 6.45) is 6.60. The highest BCUT2D eigenvalue weighted by Gasteiger charge is 2.28. The molecule has 0 aliphatic carbocycles. The molecule has 2 aromatic rings. The molecule has 0 bridgehead atoms. The van der Waals surface area contributed by atoms with E-state index in [1.54, 1.807) is 23.0 Å². The fraction of sp³-hybridized carbons (Fsp3) is 0.500. The molecule has 26 heavy (non-hydrogen) atoms. The zero-order valence-corrected chi connectivity index (χ0v) is 15.9. The van der Waals surface area contributed by atoms with Crippen LogP contribution in [0.4, 0.5) is 0 Å². The Hall–Kier alpha value is -2.22. The van der Waals surface area contributed by atoms with E-state index in [0.717, 1.165) is 18.5 Å². The number of carbonyl (C=O) groups is 1. The van der Waals surface area contributed by atoms with E-state index in [1.807, 2.05) is 24.1 Å². The molecule has 7 nitrogen and oxygen atoms in total. The molecule has 140 valence electrons. The molecule has 1 aliphatic heterocycles. The second-order valence-electron chi connectivity index (χ2n) is 6.78. The van der Waals surface area contributed by atoms with Crippen molar-refractivity contribution in [2.75, 3.05) is 19.3 Å². The van der Waals surface area contributed by atoms with Crippen LogP contribution in [0.15, 0.2) is 35.5 Å². The molecule has 3 heterocycles. The van der Waals surface area contributed by atoms with Gasteiger partial charge in [-0.25, -0.2) is 8.42 Å². The number of hydrogen-bond acceptors (Lipinski definition) is 5. The Kier molecular flexibility index (Phi) is 5.41. The van der Waals surface area contributed by atoms with Crippen LogP contribution in [0.3, 0.4) is 0 Å². The van der Waals surface area contributed by atoms with Crippen molar-refractivity contribution >= 4 is 15.7 Å². The zero-order valence-electron chi connectivity index (χ0n) is 15.1. The lowest BCUT2D eigenvalue weighted by molar-refractivity contribution is -0.132. The first-order chi connectivity index (χ1) is 12.3. The average Bonchev–Trinajstić information content (AvgIpc) is 3.04. The molecule has 0 spiro atoms. The van der Waals surface area contributed by atoms with Gasteiger partial charge in [-0.05, 0) is 38.0 Å². The van der Waals surface area contributed by atoms with E-state index in [2.05, 4.69) is 10.1 Å². The van der Waals surface area contributed by atoms with E-state index < -0.39 is 9.84 Å². The first kappa shape index (κ1) is 18.6. The first-order valence-electron chi connectivity index (χ1n) is 8.77. The Morgan fingerprint density at radius 1 is 1.27 bits per heavy atom. The summed E-state index contributed by atoms with van der Waals surface area (Å²) in [6, 6.07) is 5.18. The van der Waals surface area contributed by atoms with Gasteiger partial charge in [0, 0.05) is 50.6 Å². The normalized spacial score (nSPS) is 16.0. The van der Waals surface area contributed by atoms with Gasteiger partial charge in [-0.3, -0.25) is 14.5 Å². The van der Waals surface area contributed by atoms with Crippen molar-refractivity contribution < 1.29 is 13.2 Å². The highest BCUT2D eigenvalue weighted by atomic mass is 32.2. The summed E-state index contributed by atoms with van der Waals surface area (Å²) in [6.45, 7) is 3.75. The van der Waals surface area contributed by atoms with Gasteiger partial charge in [0.05, 0.1) is 16.3 Å². The number of nitrogens with zero attached hydrogens (tertiary/aromatic N) is 4. The summed E-state index contributed by atoms with van der Waals surface area (Å²) in [5.74, 6) is 0.180. The van der Waals surface area contributed by atoms with E-state index in [9.17, 15) is 13.2 Å². The van der Waals surface area contributed by atoms with Gasteiger partial charge in [0.2, 0.25) is 5.91 Å². The van der Waals surface area contributed by atoms with Crippen LogP contribution in [0.1, 0.15) is 36.6 Å². The fourth-order valence-corrected chi connectivity index (χ4v) is 4.31. The molecule has 0 N–H and O–H groups in total. The third kappa shape index (κ3) is 4.30. The van der Waals surface area contributed by atoms with Crippen molar-refractivity contribution in [3.63, 3.8) is 0 Å². The van der Waals surface area contributed by atoms with Gasteiger partial charge >= 0.3 is 0 Å². The summed E-state index contributed by atoms with van der Waals surface area (Å²) in [4.78, 5) is 18.9. The molecule has 1 fully saturated rings. The van der Waals surface area contributed by atoms with Crippen molar-refractivity contribution in [1.82, 2.24) is 19.7 Å². The highest BCUT2D eigenvalue weighted by Crippen LogP contribution is 2.31. The number of aromatic nitrogens is 3. The number of pyridine rings is 1. The number of amides is 1. The van der Waals surface area contributed by atoms with E-state index >= 15 is 0 Å². The summed E-state index contributed by atoms with van der Waals surface area (Å²) >= 11 is 0. The lowest BCUT2D eigenvalue weighted by atomic mass is 9.93. The lowest BCUT2D eigenvalue weighted by Crippen LogP contribution is -2.38. The number of likely N-dealkylation sites (tertiary alicyclic amines) is 1. The molecule has 1 amide bonds. The van der Waals surface area contributed by atoms with Crippen molar-refractivity contribution in [3.8, 4) is 0 Å². The minimum Gasteiger partial charge on any atom is -0.343 e. The van der Waals surface area contributed by atoms with Crippen LogP contribution in [0.5, 0.6) is 0 Å². The number of sulfone groups is 1. The van der Waals surface area contributed by atoms with Crippen LogP contribution in [0.2, 0.25) is 0 Å². The molecule has 0 unspecified atom stereocenters. The number of carbonyl (C=O) groups excluding carboxylic acids is 1. The van der Waals surface area contributed by atoms with Gasteiger partial charge in [0.25, 0.3) is 0 Å². The van der Waals surface area contributed by atoms with Gasteiger partial charge in [-0.1, -0.05) is 0 Å². The summed E-state index contributed by atoms with van der Waals surface area (Å²) < 4.78 is 25.7. The minimum absolute atomic E-state index is 0.0683. The maximum absolute atomic E-state index is 12.4. The second-order valence-corrected chi connectivity index (χ2v) is 8.77. The summed E-state index contributed by atoms with van der Waals surface area (Å²) in [7, 11) is -3.30. The first-order valence-corrected chi connectivity index (χ1v) is 10.7. The number of piperidine rings is 1. The van der Waals surface area contributed by atoms with Crippen molar-refractivity contribution in [2.45, 2.75) is 43.5 Å². The molecule has 0 radical (unpaired) electrons. The number of aryl methyl sites for hydroxylation is 2. The third-order valence-electron chi connectivity index (χ3n) is 4.76. The molecule has 8 heteroatoms.